The van der Waals surface area contributed by atoms with Gasteiger partial charge in [-0.05, 0) is 0 Å². The van der Waals surface area contributed by atoms with Gasteiger partial charge in [0.25, 0.3) is 0 Å². The van der Waals surface area contributed by atoms with Crippen LogP contribution in [0.2, 0.25) is 0 Å². The Hall–Kier alpha value is -0.650. The van der Waals surface area contributed by atoms with E-state index in [-0.39, 0.29) is 16.9 Å². The zero-order valence-electron chi connectivity index (χ0n) is 12.7. The predicted molar refractivity (Wildman–Crippen MR) is 80.6 cm³/mol. The van der Waals surface area contributed by atoms with Crippen molar-refractivity contribution >= 4 is 16.5 Å². The Morgan fingerprint density at radius 2 is 1.89 bits per heavy atom. The Kier molecular flexibility index (Phi) is 3.66. The number of thiazole rings is 1. The average molecular weight is 283 g/mol. The highest BCUT2D eigenvalue weighted by Crippen LogP contribution is 2.53. The average Bonchev–Trinajstić information content (AvgIpc) is 2.76. The lowest BCUT2D eigenvalue weighted by Crippen LogP contribution is -2.72. The molecule has 0 radical (unpaired) electrons. The van der Waals surface area contributed by atoms with Gasteiger partial charge in [0.05, 0.1) is 11.8 Å². The molecule has 0 bridgehead atoms. The van der Waals surface area contributed by atoms with Crippen LogP contribution < -0.4 is 10.2 Å². The third kappa shape index (κ3) is 2.39. The third-order valence-corrected chi connectivity index (χ3v) is 5.36. The number of aromatic nitrogens is 1. The summed E-state index contributed by atoms with van der Waals surface area (Å²) in [6.45, 7) is 9.23. The number of rotatable bonds is 4. The van der Waals surface area contributed by atoms with E-state index in [0.29, 0.717) is 6.04 Å². The van der Waals surface area contributed by atoms with Crippen molar-refractivity contribution in [2.24, 2.45) is 10.8 Å². The summed E-state index contributed by atoms with van der Waals surface area (Å²) in [6.07, 6.45) is -0.259. The number of aliphatic hydroxyl groups excluding tert-OH is 1. The van der Waals surface area contributed by atoms with E-state index in [2.05, 4.69) is 43.4 Å². The van der Waals surface area contributed by atoms with E-state index >= 15 is 0 Å². The number of nitrogens with one attached hydrogen (secondary N) is 1. The first kappa shape index (κ1) is 14.8. The Morgan fingerprint density at radius 1 is 1.32 bits per heavy atom. The summed E-state index contributed by atoms with van der Waals surface area (Å²) in [4.78, 5) is 6.60. The summed E-state index contributed by atoms with van der Waals surface area (Å²) in [5, 5.41) is 16.9. The number of nitrogens with zero attached hydrogens (tertiary/aromatic N) is 2. The van der Waals surface area contributed by atoms with E-state index in [4.69, 9.17) is 0 Å². The molecule has 1 fully saturated rings. The van der Waals surface area contributed by atoms with Gasteiger partial charge in [-0.25, -0.2) is 4.98 Å². The highest BCUT2D eigenvalue weighted by molar-refractivity contribution is 7.13. The molecule has 0 atom stereocenters. The molecule has 2 rings (SSSR count). The lowest BCUT2D eigenvalue weighted by molar-refractivity contribution is -0.183. The zero-order valence-corrected chi connectivity index (χ0v) is 13.5. The smallest absolute Gasteiger partial charge is 0.185 e. The SMILES string of the molecule is CN(C)c1nc(CNC2C(C)(C)C(O)C2(C)C)cs1. The van der Waals surface area contributed by atoms with Gasteiger partial charge in [0, 0.05) is 42.9 Å². The standard InChI is InChI=1S/C14H25N3OS/c1-13(2)10(14(3,4)11(13)18)15-7-9-8-19-12(16-9)17(5)6/h8,10-11,15,18H,7H2,1-6H3. The van der Waals surface area contributed by atoms with Gasteiger partial charge in [-0.15, -0.1) is 11.3 Å². The minimum atomic E-state index is -0.259. The molecule has 1 aliphatic carbocycles. The van der Waals surface area contributed by atoms with Gasteiger partial charge < -0.3 is 15.3 Å². The molecule has 2 N–H and O–H groups in total. The van der Waals surface area contributed by atoms with Crippen LogP contribution in [0.25, 0.3) is 0 Å². The highest BCUT2D eigenvalue weighted by Gasteiger charge is 2.60. The molecule has 5 heteroatoms. The molecule has 0 aromatic carbocycles. The van der Waals surface area contributed by atoms with Crippen LogP contribution in [-0.2, 0) is 6.54 Å². The van der Waals surface area contributed by atoms with Gasteiger partial charge in [0.2, 0.25) is 0 Å². The van der Waals surface area contributed by atoms with Crippen molar-refractivity contribution in [1.29, 1.82) is 0 Å². The summed E-state index contributed by atoms with van der Waals surface area (Å²) < 4.78 is 0. The van der Waals surface area contributed by atoms with Gasteiger partial charge in [-0.1, -0.05) is 27.7 Å². The Balaban J connectivity index is 1.99. The van der Waals surface area contributed by atoms with Crippen LogP contribution in [0.3, 0.4) is 0 Å². The molecule has 0 unspecified atom stereocenters. The van der Waals surface area contributed by atoms with Crippen molar-refractivity contribution in [1.82, 2.24) is 10.3 Å². The van der Waals surface area contributed by atoms with Crippen LogP contribution >= 0.6 is 11.3 Å². The number of aliphatic hydroxyl groups is 1. The summed E-state index contributed by atoms with van der Waals surface area (Å²) >= 11 is 1.66. The van der Waals surface area contributed by atoms with Crippen LogP contribution in [0.5, 0.6) is 0 Å². The fraction of sp³-hybridized carbons (Fsp3) is 0.786. The molecular formula is C14H25N3OS. The molecule has 0 amide bonds. The van der Waals surface area contributed by atoms with E-state index in [1.54, 1.807) is 11.3 Å². The lowest BCUT2D eigenvalue weighted by Gasteiger charge is -2.62. The second-order valence-electron chi connectivity index (χ2n) is 6.88. The summed E-state index contributed by atoms with van der Waals surface area (Å²) in [5.74, 6) is 0. The first-order chi connectivity index (χ1) is 8.67. The Morgan fingerprint density at radius 3 is 2.37 bits per heavy atom. The van der Waals surface area contributed by atoms with Gasteiger partial charge in [0.1, 0.15) is 0 Å². The van der Waals surface area contributed by atoms with Gasteiger partial charge >= 0.3 is 0 Å². The van der Waals surface area contributed by atoms with Crippen LogP contribution in [0.15, 0.2) is 5.38 Å². The first-order valence-corrected chi connectivity index (χ1v) is 7.58. The minimum Gasteiger partial charge on any atom is -0.392 e. The maximum atomic E-state index is 10.2. The largest absolute Gasteiger partial charge is 0.392 e. The van der Waals surface area contributed by atoms with Crippen molar-refractivity contribution in [3.05, 3.63) is 11.1 Å². The molecule has 1 aliphatic rings. The van der Waals surface area contributed by atoms with E-state index < -0.39 is 0 Å². The molecule has 0 spiro atoms. The Bertz CT molecular complexity index is 437. The monoisotopic (exact) mass is 283 g/mol. The lowest BCUT2D eigenvalue weighted by atomic mass is 9.49. The molecule has 19 heavy (non-hydrogen) atoms. The van der Waals surface area contributed by atoms with E-state index in [1.807, 2.05) is 19.0 Å². The maximum absolute atomic E-state index is 10.2. The second kappa shape index (κ2) is 4.72. The summed E-state index contributed by atoms with van der Waals surface area (Å²) in [6, 6.07) is 0.305. The predicted octanol–water partition coefficient (Wildman–Crippen LogP) is 2.09. The molecular weight excluding hydrogens is 258 g/mol. The van der Waals surface area contributed by atoms with Crippen LogP contribution in [-0.4, -0.2) is 36.3 Å². The normalized spacial score (nSPS) is 27.9. The Labute approximate surface area is 119 Å². The van der Waals surface area contributed by atoms with Gasteiger partial charge in [0.15, 0.2) is 5.13 Å². The van der Waals surface area contributed by atoms with Crippen molar-refractivity contribution in [2.75, 3.05) is 19.0 Å². The molecule has 1 heterocycles. The van der Waals surface area contributed by atoms with Gasteiger partial charge in [-0.3, -0.25) is 0 Å². The van der Waals surface area contributed by atoms with Crippen molar-refractivity contribution in [3.63, 3.8) is 0 Å². The maximum Gasteiger partial charge on any atom is 0.185 e. The fourth-order valence-corrected chi connectivity index (χ4v) is 4.21. The third-order valence-electron chi connectivity index (χ3n) is 4.31. The number of hydrogen-bond acceptors (Lipinski definition) is 5. The second-order valence-corrected chi connectivity index (χ2v) is 7.71. The molecule has 1 aromatic heterocycles. The zero-order chi connectivity index (χ0) is 14.4. The molecule has 108 valence electrons. The molecule has 4 nitrogen and oxygen atoms in total. The van der Waals surface area contributed by atoms with Crippen LogP contribution in [0.4, 0.5) is 5.13 Å². The molecule has 1 saturated carbocycles. The molecule has 1 aromatic rings. The van der Waals surface area contributed by atoms with Crippen LogP contribution in [0, 0.1) is 10.8 Å². The number of anilines is 1. The highest BCUT2D eigenvalue weighted by atomic mass is 32.1. The van der Waals surface area contributed by atoms with Gasteiger partial charge in [-0.2, -0.15) is 0 Å². The van der Waals surface area contributed by atoms with E-state index in [1.165, 1.54) is 0 Å². The van der Waals surface area contributed by atoms with E-state index in [0.717, 1.165) is 17.4 Å². The molecule has 0 aliphatic heterocycles. The van der Waals surface area contributed by atoms with E-state index in [9.17, 15) is 5.11 Å². The number of hydrogen-bond donors (Lipinski definition) is 2. The topological polar surface area (TPSA) is 48.4 Å². The van der Waals surface area contributed by atoms with Crippen molar-refractivity contribution < 1.29 is 5.11 Å². The molecule has 0 saturated heterocycles. The quantitative estimate of drug-likeness (QED) is 0.888. The minimum absolute atomic E-state index is 0.0795. The summed E-state index contributed by atoms with van der Waals surface area (Å²) in [7, 11) is 4.01. The van der Waals surface area contributed by atoms with Crippen molar-refractivity contribution in [3.8, 4) is 0 Å². The fourth-order valence-electron chi connectivity index (χ4n) is 3.45. The first-order valence-electron chi connectivity index (χ1n) is 6.70. The van der Waals surface area contributed by atoms with Crippen molar-refractivity contribution in [2.45, 2.75) is 46.4 Å². The van der Waals surface area contributed by atoms with Crippen LogP contribution in [0.1, 0.15) is 33.4 Å². The summed E-state index contributed by atoms with van der Waals surface area (Å²) in [5.41, 5.74) is 0.912.